The minimum Gasteiger partial charge on any atom is -0.316 e. The molecular weight excluding hydrogens is 210 g/mol. The van der Waals surface area contributed by atoms with Crippen LogP contribution in [0.2, 0.25) is 0 Å². The minimum absolute atomic E-state index is 0.900. The number of hydrogen-bond acceptors (Lipinski definition) is 3. The highest BCUT2D eigenvalue weighted by molar-refractivity contribution is 5.00. The molecule has 96 valence electrons. The summed E-state index contributed by atoms with van der Waals surface area (Å²) in [4.78, 5) is 5.50. The fraction of sp³-hybridized carbons (Fsp3) is 1.00. The summed E-state index contributed by atoms with van der Waals surface area (Å²) >= 11 is 0. The van der Waals surface area contributed by atoms with E-state index in [-0.39, 0.29) is 0 Å². The van der Waals surface area contributed by atoms with Crippen LogP contribution in [0.5, 0.6) is 0 Å². The SMILES string of the molecule is CN1C2CCC1CC(N1CC3CNCC3C1)C2. The average molecular weight is 235 g/mol. The zero-order chi connectivity index (χ0) is 11.4. The highest BCUT2D eigenvalue weighted by atomic mass is 15.3. The second-order valence-electron chi connectivity index (χ2n) is 6.81. The normalized spacial score (nSPS) is 51.0. The van der Waals surface area contributed by atoms with E-state index in [0.29, 0.717) is 0 Å². The predicted octanol–water partition coefficient (Wildman–Crippen LogP) is 0.763. The second kappa shape index (κ2) is 3.94. The van der Waals surface area contributed by atoms with Gasteiger partial charge in [-0.25, -0.2) is 0 Å². The van der Waals surface area contributed by atoms with Crippen molar-refractivity contribution in [1.82, 2.24) is 15.1 Å². The van der Waals surface area contributed by atoms with E-state index >= 15 is 0 Å². The summed E-state index contributed by atoms with van der Waals surface area (Å²) in [6, 6.07) is 2.71. The predicted molar refractivity (Wildman–Crippen MR) is 69.0 cm³/mol. The molecule has 4 heterocycles. The van der Waals surface area contributed by atoms with E-state index in [1.54, 1.807) is 0 Å². The lowest BCUT2D eigenvalue weighted by molar-refractivity contribution is 0.0853. The van der Waals surface area contributed by atoms with Gasteiger partial charge in [0.1, 0.15) is 0 Å². The molecule has 4 atom stereocenters. The van der Waals surface area contributed by atoms with E-state index in [4.69, 9.17) is 0 Å². The summed E-state index contributed by atoms with van der Waals surface area (Å²) in [7, 11) is 2.35. The molecule has 3 nitrogen and oxygen atoms in total. The van der Waals surface area contributed by atoms with Crippen LogP contribution in [-0.4, -0.2) is 61.2 Å². The fourth-order valence-electron chi connectivity index (χ4n) is 4.87. The Morgan fingerprint density at radius 1 is 0.882 bits per heavy atom. The maximum Gasteiger partial charge on any atom is 0.0125 e. The number of piperidine rings is 1. The van der Waals surface area contributed by atoms with Gasteiger partial charge in [0.05, 0.1) is 0 Å². The van der Waals surface area contributed by atoms with Gasteiger partial charge in [-0.05, 0) is 57.7 Å². The van der Waals surface area contributed by atoms with Crippen LogP contribution in [0.25, 0.3) is 0 Å². The molecule has 0 spiro atoms. The molecule has 0 aromatic rings. The Bertz CT molecular complexity index is 280. The Morgan fingerprint density at radius 2 is 1.47 bits per heavy atom. The molecule has 0 amide bonds. The van der Waals surface area contributed by atoms with Crippen LogP contribution in [0.4, 0.5) is 0 Å². The number of nitrogens with one attached hydrogen (secondary N) is 1. The molecule has 0 aromatic carbocycles. The number of fused-ring (bicyclic) bond motifs is 3. The van der Waals surface area contributed by atoms with Gasteiger partial charge < -0.3 is 10.2 Å². The first-order chi connectivity index (χ1) is 8.31. The molecule has 4 aliphatic rings. The van der Waals surface area contributed by atoms with Crippen molar-refractivity contribution in [3.05, 3.63) is 0 Å². The first kappa shape index (κ1) is 10.8. The molecule has 4 aliphatic heterocycles. The van der Waals surface area contributed by atoms with Gasteiger partial charge in [0, 0.05) is 31.2 Å². The number of likely N-dealkylation sites (tertiary alicyclic amines) is 1. The van der Waals surface area contributed by atoms with E-state index in [2.05, 4.69) is 22.2 Å². The third-order valence-corrected chi connectivity index (χ3v) is 6.01. The maximum atomic E-state index is 3.55. The van der Waals surface area contributed by atoms with Crippen molar-refractivity contribution in [2.24, 2.45) is 11.8 Å². The van der Waals surface area contributed by atoms with Crippen molar-refractivity contribution in [1.29, 1.82) is 0 Å². The lowest BCUT2D eigenvalue weighted by Gasteiger charge is -2.40. The Morgan fingerprint density at radius 3 is 2.06 bits per heavy atom. The zero-order valence-corrected chi connectivity index (χ0v) is 10.9. The number of rotatable bonds is 1. The third kappa shape index (κ3) is 1.66. The van der Waals surface area contributed by atoms with E-state index in [1.807, 2.05) is 0 Å². The molecule has 4 rings (SSSR count). The van der Waals surface area contributed by atoms with Gasteiger partial charge in [0.25, 0.3) is 0 Å². The molecule has 4 fully saturated rings. The van der Waals surface area contributed by atoms with Crippen molar-refractivity contribution in [3.63, 3.8) is 0 Å². The van der Waals surface area contributed by atoms with Crippen LogP contribution in [0.3, 0.4) is 0 Å². The summed E-state index contributed by atoms with van der Waals surface area (Å²) < 4.78 is 0. The van der Waals surface area contributed by atoms with Gasteiger partial charge in [-0.3, -0.25) is 4.90 Å². The van der Waals surface area contributed by atoms with Gasteiger partial charge >= 0.3 is 0 Å². The zero-order valence-electron chi connectivity index (χ0n) is 10.9. The second-order valence-corrected chi connectivity index (χ2v) is 6.81. The van der Waals surface area contributed by atoms with Gasteiger partial charge in [-0.15, -0.1) is 0 Å². The smallest absolute Gasteiger partial charge is 0.0125 e. The molecule has 1 N–H and O–H groups in total. The van der Waals surface area contributed by atoms with E-state index in [1.165, 1.54) is 51.9 Å². The summed E-state index contributed by atoms with van der Waals surface area (Å²) in [5, 5.41) is 3.55. The van der Waals surface area contributed by atoms with Crippen LogP contribution in [-0.2, 0) is 0 Å². The minimum atomic E-state index is 0.900. The van der Waals surface area contributed by atoms with E-state index in [9.17, 15) is 0 Å². The first-order valence-corrected chi connectivity index (χ1v) is 7.48. The number of nitrogens with zero attached hydrogens (tertiary/aromatic N) is 2. The number of hydrogen-bond donors (Lipinski definition) is 1. The topological polar surface area (TPSA) is 18.5 Å². The highest BCUT2D eigenvalue weighted by Gasteiger charge is 2.44. The Kier molecular flexibility index (Phi) is 2.50. The maximum absolute atomic E-state index is 3.55. The molecular formula is C14H25N3. The first-order valence-electron chi connectivity index (χ1n) is 7.48. The van der Waals surface area contributed by atoms with E-state index in [0.717, 1.165) is 30.0 Å². The van der Waals surface area contributed by atoms with Crippen LogP contribution in [0.1, 0.15) is 25.7 Å². The lowest BCUT2D eigenvalue weighted by Crippen LogP contribution is -2.48. The largest absolute Gasteiger partial charge is 0.316 e. The van der Waals surface area contributed by atoms with Crippen LogP contribution in [0, 0.1) is 11.8 Å². The summed E-state index contributed by atoms with van der Waals surface area (Å²) in [5.74, 6) is 1.93. The van der Waals surface area contributed by atoms with Gasteiger partial charge in [0.2, 0.25) is 0 Å². The lowest BCUT2D eigenvalue weighted by atomic mass is 9.97. The molecule has 4 saturated heterocycles. The monoisotopic (exact) mass is 235 g/mol. The van der Waals surface area contributed by atoms with Crippen molar-refractivity contribution in [2.75, 3.05) is 33.2 Å². The molecule has 0 aliphatic carbocycles. The standard InChI is InChI=1S/C14H25N3/c1-16-12-2-3-13(16)5-14(4-12)17-8-10-6-15-7-11(10)9-17/h10-15H,2-9H2,1H3. The Labute approximate surface area is 105 Å². The van der Waals surface area contributed by atoms with Crippen LogP contribution >= 0.6 is 0 Å². The molecule has 0 aromatic heterocycles. The van der Waals surface area contributed by atoms with Crippen LogP contribution < -0.4 is 5.32 Å². The quantitative estimate of drug-likeness (QED) is 0.724. The van der Waals surface area contributed by atoms with Crippen molar-refractivity contribution >= 4 is 0 Å². The molecule has 4 unspecified atom stereocenters. The fourth-order valence-corrected chi connectivity index (χ4v) is 4.87. The molecule has 17 heavy (non-hydrogen) atoms. The Hall–Kier alpha value is -0.120. The summed E-state index contributed by atoms with van der Waals surface area (Å²) in [5.41, 5.74) is 0. The summed E-state index contributed by atoms with van der Waals surface area (Å²) in [6.45, 7) is 5.32. The van der Waals surface area contributed by atoms with Crippen LogP contribution in [0.15, 0.2) is 0 Å². The highest BCUT2D eigenvalue weighted by Crippen LogP contribution is 2.39. The van der Waals surface area contributed by atoms with Gasteiger partial charge in [-0.1, -0.05) is 0 Å². The molecule has 2 bridgehead atoms. The third-order valence-electron chi connectivity index (χ3n) is 6.01. The van der Waals surface area contributed by atoms with Crippen molar-refractivity contribution in [3.8, 4) is 0 Å². The van der Waals surface area contributed by atoms with E-state index < -0.39 is 0 Å². The Balaban J connectivity index is 1.44. The van der Waals surface area contributed by atoms with Gasteiger partial charge in [-0.2, -0.15) is 0 Å². The summed E-state index contributed by atoms with van der Waals surface area (Å²) in [6.07, 6.45) is 5.81. The molecule has 0 radical (unpaired) electrons. The van der Waals surface area contributed by atoms with Crippen molar-refractivity contribution in [2.45, 2.75) is 43.8 Å². The van der Waals surface area contributed by atoms with Gasteiger partial charge in [0.15, 0.2) is 0 Å². The molecule has 3 heteroatoms. The average Bonchev–Trinajstić information content (AvgIpc) is 2.92. The van der Waals surface area contributed by atoms with Crippen molar-refractivity contribution < 1.29 is 0 Å². The molecule has 0 saturated carbocycles.